The first-order valence-corrected chi connectivity index (χ1v) is 12.9. The summed E-state index contributed by atoms with van der Waals surface area (Å²) in [5, 5.41) is 0. The van der Waals surface area contributed by atoms with Crippen molar-refractivity contribution < 1.29 is 14.3 Å². The van der Waals surface area contributed by atoms with E-state index >= 15 is 0 Å². The number of hydrogen-bond donors (Lipinski definition) is 0. The van der Waals surface area contributed by atoms with Gasteiger partial charge in [0.05, 0.1) is 5.56 Å². The fourth-order valence-electron chi connectivity index (χ4n) is 4.51. The second-order valence-corrected chi connectivity index (χ2v) is 9.36. The van der Waals surface area contributed by atoms with Gasteiger partial charge >= 0.3 is 5.97 Å². The monoisotopic (exact) mass is 438 g/mol. The highest BCUT2D eigenvalue weighted by molar-refractivity contribution is 6.01. The summed E-state index contributed by atoms with van der Waals surface area (Å²) < 4.78 is 5.33. The van der Waals surface area contributed by atoms with Crippen LogP contribution in [0.2, 0.25) is 0 Å². The Morgan fingerprint density at radius 2 is 1.59 bits per heavy atom. The molecule has 1 aromatic carbocycles. The molecule has 0 heterocycles. The Kier molecular flexibility index (Phi) is 12.2. The van der Waals surface area contributed by atoms with Crippen LogP contribution in [0.4, 0.5) is 0 Å². The number of benzene rings is 1. The summed E-state index contributed by atoms with van der Waals surface area (Å²) in [5.41, 5.74) is 1.81. The third kappa shape index (κ3) is 9.19. The van der Waals surface area contributed by atoms with Crippen LogP contribution in [-0.4, -0.2) is 17.9 Å². The molecule has 1 atom stereocenters. The molecule has 0 bridgehead atoms. The average Bonchev–Trinajstić information content (AvgIpc) is 2.82. The lowest BCUT2D eigenvalue weighted by Crippen LogP contribution is -2.23. The lowest BCUT2D eigenvalue weighted by molar-refractivity contribution is -0.121. The van der Waals surface area contributed by atoms with E-state index in [1.54, 1.807) is 6.92 Å². The Morgan fingerprint density at radius 3 is 2.25 bits per heavy atom. The minimum absolute atomic E-state index is 0.340. The predicted octanol–water partition coefficient (Wildman–Crippen LogP) is 7.63. The van der Waals surface area contributed by atoms with Crippen LogP contribution in [0.5, 0.6) is 0 Å². The lowest BCUT2D eigenvalue weighted by Gasteiger charge is -2.29. The quantitative estimate of drug-likeness (QED) is 0.146. The van der Waals surface area contributed by atoms with Crippen molar-refractivity contribution in [2.24, 2.45) is 5.92 Å². The van der Waals surface area contributed by atoms with Crippen LogP contribution in [0.1, 0.15) is 126 Å². The smallest absolute Gasteiger partial charge is 0.338 e. The Hall–Kier alpha value is -2.08. The molecule has 2 rings (SSSR count). The molecule has 0 aromatic heterocycles. The molecular formula is C29H42O3. The fraction of sp³-hybridized carbons (Fsp3) is 0.655. The molecule has 176 valence electrons. The van der Waals surface area contributed by atoms with E-state index in [0.29, 0.717) is 17.9 Å². The molecule has 0 radical (unpaired) electrons. The molecule has 1 aliphatic carbocycles. The SMILES string of the molecule is CCCCC#CC(=O)C(C)OC(=O)c1ccc(C2CCC(CCCCCCC)CC2)cc1. The summed E-state index contributed by atoms with van der Waals surface area (Å²) in [4.78, 5) is 24.4. The third-order valence-corrected chi connectivity index (χ3v) is 6.70. The lowest BCUT2D eigenvalue weighted by atomic mass is 9.77. The van der Waals surface area contributed by atoms with E-state index in [4.69, 9.17) is 4.74 Å². The molecule has 32 heavy (non-hydrogen) atoms. The number of rotatable bonds is 12. The maximum absolute atomic E-state index is 12.4. The molecule has 3 heteroatoms. The van der Waals surface area contributed by atoms with Gasteiger partial charge in [-0.1, -0.05) is 76.8 Å². The van der Waals surface area contributed by atoms with Crippen LogP contribution in [0.3, 0.4) is 0 Å². The van der Waals surface area contributed by atoms with Gasteiger partial charge in [-0.2, -0.15) is 0 Å². The second kappa shape index (κ2) is 14.9. The minimum Gasteiger partial charge on any atom is -0.450 e. The van der Waals surface area contributed by atoms with E-state index < -0.39 is 12.1 Å². The van der Waals surface area contributed by atoms with Crippen molar-refractivity contribution in [3.63, 3.8) is 0 Å². The van der Waals surface area contributed by atoms with Gasteiger partial charge in [-0.25, -0.2) is 4.79 Å². The highest BCUT2D eigenvalue weighted by Gasteiger charge is 2.23. The average molecular weight is 439 g/mol. The van der Waals surface area contributed by atoms with Gasteiger partial charge in [0.15, 0.2) is 6.10 Å². The number of ether oxygens (including phenoxy) is 1. The minimum atomic E-state index is -0.839. The third-order valence-electron chi connectivity index (χ3n) is 6.70. The van der Waals surface area contributed by atoms with Crippen molar-refractivity contribution in [3.8, 4) is 11.8 Å². The molecule has 1 fully saturated rings. The van der Waals surface area contributed by atoms with Crippen LogP contribution in [0, 0.1) is 17.8 Å². The van der Waals surface area contributed by atoms with Crippen molar-refractivity contribution in [2.75, 3.05) is 0 Å². The summed E-state index contributed by atoms with van der Waals surface area (Å²) in [7, 11) is 0. The maximum Gasteiger partial charge on any atom is 0.338 e. The zero-order valence-corrected chi connectivity index (χ0v) is 20.5. The second-order valence-electron chi connectivity index (χ2n) is 9.36. The Morgan fingerprint density at radius 1 is 0.938 bits per heavy atom. The number of unbranched alkanes of at least 4 members (excludes halogenated alkanes) is 6. The van der Waals surface area contributed by atoms with Crippen molar-refractivity contribution in [2.45, 2.75) is 116 Å². The van der Waals surface area contributed by atoms with Crippen LogP contribution in [-0.2, 0) is 9.53 Å². The van der Waals surface area contributed by atoms with E-state index in [9.17, 15) is 9.59 Å². The first-order chi connectivity index (χ1) is 15.5. The van der Waals surface area contributed by atoms with Gasteiger partial charge in [0.2, 0.25) is 5.78 Å². The van der Waals surface area contributed by atoms with Crippen LogP contribution >= 0.6 is 0 Å². The Balaban J connectivity index is 1.76. The van der Waals surface area contributed by atoms with Gasteiger partial charge in [0.25, 0.3) is 0 Å². The van der Waals surface area contributed by atoms with Gasteiger partial charge in [0.1, 0.15) is 0 Å². The normalized spacial score (nSPS) is 19.0. The number of ketones is 1. The van der Waals surface area contributed by atoms with Crippen molar-refractivity contribution in [1.29, 1.82) is 0 Å². The van der Waals surface area contributed by atoms with Crippen LogP contribution < -0.4 is 0 Å². The van der Waals surface area contributed by atoms with E-state index in [1.165, 1.54) is 69.8 Å². The molecule has 0 saturated heterocycles. The largest absolute Gasteiger partial charge is 0.450 e. The molecule has 1 aliphatic rings. The van der Waals surface area contributed by atoms with E-state index in [1.807, 2.05) is 12.1 Å². The molecule has 1 unspecified atom stereocenters. The fourth-order valence-corrected chi connectivity index (χ4v) is 4.51. The first kappa shape index (κ1) is 26.2. The zero-order valence-electron chi connectivity index (χ0n) is 20.5. The number of carbonyl (C=O) groups is 2. The van der Waals surface area contributed by atoms with E-state index in [0.717, 1.165) is 18.8 Å². The standard InChI is InChI=1S/C29H42O3/c1-4-6-8-10-11-13-24-15-17-25(18-16-24)26-19-21-27(22-20-26)29(31)32-23(3)28(30)14-12-9-7-5-2/h19-25H,4-11,13,15-18H2,1-3H3. The molecule has 1 aromatic rings. The van der Waals surface area contributed by atoms with Gasteiger partial charge in [-0.3, -0.25) is 4.79 Å². The molecule has 3 nitrogen and oxygen atoms in total. The molecule has 0 amide bonds. The van der Waals surface area contributed by atoms with Gasteiger partial charge in [-0.05, 0) is 74.5 Å². The van der Waals surface area contributed by atoms with E-state index in [2.05, 4.69) is 37.8 Å². The Labute approximate surface area is 195 Å². The summed E-state index contributed by atoms with van der Waals surface area (Å²) >= 11 is 0. The highest BCUT2D eigenvalue weighted by Crippen LogP contribution is 2.37. The van der Waals surface area contributed by atoms with Gasteiger partial charge < -0.3 is 4.74 Å². The van der Waals surface area contributed by atoms with Gasteiger partial charge in [0, 0.05) is 6.42 Å². The zero-order chi connectivity index (χ0) is 23.2. The molecule has 0 aliphatic heterocycles. The molecule has 0 N–H and O–H groups in total. The van der Waals surface area contributed by atoms with E-state index in [-0.39, 0.29) is 5.78 Å². The summed E-state index contributed by atoms with van der Waals surface area (Å²) in [5.74, 6) is 6.13. The maximum atomic E-state index is 12.4. The molecule has 0 spiro atoms. The molecule has 1 saturated carbocycles. The van der Waals surface area contributed by atoms with Crippen molar-refractivity contribution in [3.05, 3.63) is 35.4 Å². The van der Waals surface area contributed by atoms with Crippen molar-refractivity contribution in [1.82, 2.24) is 0 Å². The topological polar surface area (TPSA) is 43.4 Å². The first-order valence-electron chi connectivity index (χ1n) is 12.9. The van der Waals surface area contributed by atoms with Crippen LogP contribution in [0.25, 0.3) is 0 Å². The number of esters is 1. The van der Waals surface area contributed by atoms with Crippen LogP contribution in [0.15, 0.2) is 24.3 Å². The predicted molar refractivity (Wildman–Crippen MR) is 132 cm³/mol. The highest BCUT2D eigenvalue weighted by atomic mass is 16.5. The van der Waals surface area contributed by atoms with Crippen molar-refractivity contribution >= 4 is 11.8 Å². The summed E-state index contributed by atoms with van der Waals surface area (Å²) in [6.45, 7) is 5.94. The number of hydrogen-bond acceptors (Lipinski definition) is 3. The molecular weight excluding hydrogens is 396 g/mol. The van der Waals surface area contributed by atoms with Gasteiger partial charge in [-0.15, -0.1) is 0 Å². The summed E-state index contributed by atoms with van der Waals surface area (Å²) in [6, 6.07) is 7.79. The number of carbonyl (C=O) groups excluding carboxylic acids is 2. The number of Topliss-reactive ketones (excluding diaryl/α,β-unsaturated/α-hetero) is 1. The Bertz CT molecular complexity index is 745. The summed E-state index contributed by atoms with van der Waals surface area (Å²) in [6.07, 6.45) is 15.2.